The third-order valence-corrected chi connectivity index (χ3v) is 23.9. The van der Waals surface area contributed by atoms with Crippen molar-refractivity contribution in [3.8, 4) is 0 Å². The Balaban J connectivity index is 1.37. The number of hydrogen-bond donors (Lipinski definition) is 0. The summed E-state index contributed by atoms with van der Waals surface area (Å²) >= 11 is 0. The highest BCUT2D eigenvalue weighted by Crippen LogP contribution is 2.67. The van der Waals surface area contributed by atoms with Crippen molar-refractivity contribution in [2.75, 3.05) is 6.61 Å². The quantitative estimate of drug-likeness (QED) is 0.222. The van der Waals surface area contributed by atoms with Gasteiger partial charge in [-0.2, -0.15) is 0 Å². The van der Waals surface area contributed by atoms with E-state index in [9.17, 15) is 4.79 Å². The van der Waals surface area contributed by atoms with Crippen LogP contribution in [-0.4, -0.2) is 35.1 Å². The second-order valence-electron chi connectivity index (χ2n) is 19.8. The van der Waals surface area contributed by atoms with Gasteiger partial charge in [0.2, 0.25) is 0 Å². The summed E-state index contributed by atoms with van der Waals surface area (Å²) in [5.41, 5.74) is 1.92. The van der Waals surface area contributed by atoms with Crippen LogP contribution >= 0.6 is 0 Å². The normalized spacial score (nSPS) is 36.3. The highest BCUT2D eigenvalue weighted by atomic mass is 28.4. The van der Waals surface area contributed by atoms with Gasteiger partial charge in [0, 0.05) is 18.6 Å². The number of rotatable bonds is 10. The van der Waals surface area contributed by atoms with E-state index in [1.165, 1.54) is 56.9 Å². The minimum atomic E-state index is -1.82. The molecule has 3 fully saturated rings. The summed E-state index contributed by atoms with van der Waals surface area (Å²) < 4.78 is 13.4. The van der Waals surface area contributed by atoms with Crippen LogP contribution in [0.2, 0.25) is 36.3 Å². The zero-order valence-corrected chi connectivity index (χ0v) is 33.6. The van der Waals surface area contributed by atoms with Gasteiger partial charge in [0.25, 0.3) is 0 Å². The van der Waals surface area contributed by atoms with Crippen LogP contribution in [0.5, 0.6) is 0 Å². The van der Waals surface area contributed by atoms with E-state index in [-0.39, 0.29) is 27.5 Å². The molecule has 4 aliphatic carbocycles. The van der Waals surface area contributed by atoms with Crippen molar-refractivity contribution < 1.29 is 13.6 Å². The molecule has 0 aliphatic heterocycles. The van der Waals surface area contributed by atoms with Gasteiger partial charge in [-0.05, 0) is 134 Å². The predicted molar refractivity (Wildman–Crippen MR) is 193 cm³/mol. The van der Waals surface area contributed by atoms with Crippen molar-refractivity contribution >= 4 is 22.4 Å². The van der Waals surface area contributed by atoms with Gasteiger partial charge in [0.1, 0.15) is 0 Å². The smallest absolute Gasteiger partial charge is 0.192 e. The first-order chi connectivity index (χ1) is 20.0. The first kappa shape index (κ1) is 36.6. The molecule has 0 spiro atoms. The molecule has 3 nitrogen and oxygen atoms in total. The molecule has 0 aromatic heterocycles. The van der Waals surface area contributed by atoms with Crippen molar-refractivity contribution in [3.63, 3.8) is 0 Å². The van der Waals surface area contributed by atoms with Crippen LogP contribution < -0.4 is 0 Å². The van der Waals surface area contributed by atoms with Gasteiger partial charge in [-0.1, -0.05) is 87.7 Å². The van der Waals surface area contributed by atoms with Crippen molar-refractivity contribution in [3.05, 3.63) is 11.6 Å². The highest BCUT2D eigenvalue weighted by Gasteiger charge is 2.61. The maximum atomic E-state index is 14.1. The Labute approximate surface area is 275 Å². The molecule has 0 saturated heterocycles. The summed E-state index contributed by atoms with van der Waals surface area (Å²) in [7, 11) is -3.50. The molecule has 5 heteroatoms. The van der Waals surface area contributed by atoms with Gasteiger partial charge < -0.3 is 8.85 Å². The molecule has 0 aromatic carbocycles. The van der Waals surface area contributed by atoms with Gasteiger partial charge in [-0.25, -0.2) is 0 Å². The topological polar surface area (TPSA) is 35.5 Å². The fraction of sp³-hybridized carbons (Fsp3) is 0.923. The highest BCUT2D eigenvalue weighted by molar-refractivity contribution is 6.74. The average molecular weight is 645 g/mol. The molecule has 0 radical (unpaired) electrons. The van der Waals surface area contributed by atoms with Gasteiger partial charge in [0.15, 0.2) is 22.4 Å². The van der Waals surface area contributed by atoms with E-state index in [1.807, 2.05) is 0 Å². The van der Waals surface area contributed by atoms with Gasteiger partial charge in [-0.15, -0.1) is 0 Å². The van der Waals surface area contributed by atoms with Crippen LogP contribution in [0.25, 0.3) is 0 Å². The number of carbonyl (C=O) groups excluding carboxylic acids is 1. The van der Waals surface area contributed by atoms with Crippen molar-refractivity contribution in [2.24, 2.45) is 46.3 Å². The van der Waals surface area contributed by atoms with Gasteiger partial charge in [-0.3, -0.25) is 4.79 Å². The molecule has 0 bridgehead atoms. The van der Waals surface area contributed by atoms with E-state index in [4.69, 9.17) is 8.85 Å². The lowest BCUT2D eigenvalue weighted by Gasteiger charge is -2.58. The molecule has 0 unspecified atom stereocenters. The Hall–Kier alpha value is -0.236. The predicted octanol–water partition coefficient (Wildman–Crippen LogP) is 11.6. The Kier molecular flexibility index (Phi) is 10.5. The fourth-order valence-corrected chi connectivity index (χ4v) is 12.2. The second-order valence-corrected chi connectivity index (χ2v) is 29.3. The van der Waals surface area contributed by atoms with Crippen LogP contribution in [0.3, 0.4) is 0 Å². The fourth-order valence-electron chi connectivity index (χ4n) is 9.68. The van der Waals surface area contributed by atoms with E-state index in [0.29, 0.717) is 29.0 Å². The van der Waals surface area contributed by atoms with E-state index in [1.54, 1.807) is 0 Å². The summed E-state index contributed by atoms with van der Waals surface area (Å²) in [5.74, 6) is 3.92. The van der Waals surface area contributed by atoms with Crippen LogP contribution in [0.15, 0.2) is 11.6 Å². The van der Waals surface area contributed by atoms with E-state index in [0.717, 1.165) is 31.3 Å². The molecular weight excluding hydrogens is 573 g/mol. The minimum Gasteiger partial charge on any atom is -0.417 e. The largest absolute Gasteiger partial charge is 0.417 e. The van der Waals surface area contributed by atoms with Crippen LogP contribution in [0, 0.1) is 46.3 Å². The summed E-state index contributed by atoms with van der Waals surface area (Å²) in [4.78, 5) is 14.1. The molecule has 4 rings (SSSR count). The molecule has 4 aliphatic rings. The lowest BCUT2D eigenvalue weighted by atomic mass is 9.46. The maximum absolute atomic E-state index is 14.1. The third kappa shape index (κ3) is 6.97. The Morgan fingerprint density at radius 2 is 1.50 bits per heavy atom. The zero-order chi connectivity index (χ0) is 33.1. The van der Waals surface area contributed by atoms with Crippen LogP contribution in [0.1, 0.15) is 133 Å². The monoisotopic (exact) mass is 645 g/mol. The molecule has 44 heavy (non-hydrogen) atoms. The van der Waals surface area contributed by atoms with Crippen molar-refractivity contribution in [1.82, 2.24) is 0 Å². The minimum absolute atomic E-state index is 0.180. The Bertz CT molecular complexity index is 1060. The maximum Gasteiger partial charge on any atom is 0.192 e. The van der Waals surface area contributed by atoms with E-state index in [2.05, 4.69) is 102 Å². The summed E-state index contributed by atoms with van der Waals surface area (Å²) in [6.07, 6.45) is 14.7. The van der Waals surface area contributed by atoms with Gasteiger partial charge >= 0.3 is 0 Å². The SMILES string of the molecule is C[C@H](CCC[C@@H](C)[C@H]1CC[C@H]2[C@@H]3C(=O)C=C4C[C@@H](O[Si](C)(C)C(C)(C)C)CC[C@]4(C)[C@H]3CC[C@]12C)CO[Si](C)(C)C(C)(C)C. The molecule has 0 aromatic rings. The average Bonchev–Trinajstić information content (AvgIpc) is 3.24. The molecule has 254 valence electrons. The number of hydrogen-bond acceptors (Lipinski definition) is 3. The van der Waals surface area contributed by atoms with Crippen molar-refractivity contribution in [1.29, 1.82) is 0 Å². The lowest BCUT2D eigenvalue weighted by molar-refractivity contribution is -0.135. The van der Waals surface area contributed by atoms with Crippen LogP contribution in [0.4, 0.5) is 0 Å². The number of ketones is 1. The van der Waals surface area contributed by atoms with E-state index < -0.39 is 16.6 Å². The summed E-state index contributed by atoms with van der Waals surface area (Å²) in [6, 6.07) is 0. The van der Waals surface area contributed by atoms with E-state index >= 15 is 0 Å². The zero-order valence-electron chi connectivity index (χ0n) is 31.6. The number of fused-ring (bicyclic) bond motifs is 5. The van der Waals surface area contributed by atoms with Crippen LogP contribution in [-0.2, 0) is 13.6 Å². The first-order valence-corrected chi connectivity index (χ1v) is 24.4. The molecule has 9 atom stereocenters. The molecule has 3 saturated carbocycles. The summed E-state index contributed by atoms with van der Waals surface area (Å²) in [6.45, 7) is 34.5. The van der Waals surface area contributed by atoms with Crippen molar-refractivity contribution in [2.45, 2.75) is 176 Å². The lowest BCUT2D eigenvalue weighted by Crippen LogP contribution is -2.54. The van der Waals surface area contributed by atoms with Gasteiger partial charge in [0.05, 0.1) is 0 Å². The first-order valence-electron chi connectivity index (χ1n) is 18.6. The molecule has 0 heterocycles. The molecule has 0 N–H and O–H groups in total. The Morgan fingerprint density at radius 3 is 2.11 bits per heavy atom. The standard InChI is InChI=1S/C39H72O3Si2/c1-27(26-41-43(11,12)36(3,4)5)16-15-17-28(2)31-18-19-32-35-33(21-23-39(31,32)10)38(9)22-20-30(24-29(38)25-34(35)40)42-44(13,14)37(6,7)8/h25,27-28,30-33,35H,15-24,26H2,1-14H3/t27-,28-,30+,31-,32+,33+,35+,38+,39-/m1/s1. The summed E-state index contributed by atoms with van der Waals surface area (Å²) in [5, 5.41) is 0.499. The Morgan fingerprint density at radius 1 is 0.864 bits per heavy atom. The number of allylic oxidation sites excluding steroid dienone is 1. The second kappa shape index (κ2) is 12.7. The number of carbonyl (C=O) groups is 1. The molecule has 0 amide bonds. The molecular formula is C39H72O3Si2. The third-order valence-electron chi connectivity index (χ3n) is 14.8.